The van der Waals surface area contributed by atoms with Gasteiger partial charge in [-0.1, -0.05) is 18.2 Å². The van der Waals surface area contributed by atoms with Crippen molar-refractivity contribution in [3.8, 4) is 0 Å². The number of aromatic nitrogens is 2. The zero-order valence-electron chi connectivity index (χ0n) is 11.6. The van der Waals surface area contributed by atoms with Gasteiger partial charge >= 0.3 is 0 Å². The van der Waals surface area contributed by atoms with E-state index in [1.807, 2.05) is 52.7 Å². The second-order valence-corrected chi connectivity index (χ2v) is 6.85. The van der Waals surface area contributed by atoms with Crippen molar-refractivity contribution < 1.29 is 4.79 Å². The number of hydrogen-bond donors (Lipinski definition) is 1. The maximum Gasteiger partial charge on any atom is 0.252 e. The fraction of sp³-hybridized carbons (Fsp3) is 0.125. The molecular formula is C16H14IN3OS. The lowest BCUT2D eigenvalue weighted by Crippen LogP contribution is -2.31. The molecule has 0 spiro atoms. The van der Waals surface area contributed by atoms with Crippen molar-refractivity contribution in [1.82, 2.24) is 15.1 Å². The molecule has 112 valence electrons. The van der Waals surface area contributed by atoms with Crippen LogP contribution >= 0.6 is 33.9 Å². The molecule has 22 heavy (non-hydrogen) atoms. The van der Waals surface area contributed by atoms with Gasteiger partial charge in [0.25, 0.3) is 5.91 Å². The quantitative estimate of drug-likeness (QED) is 0.638. The Morgan fingerprint density at radius 2 is 2.14 bits per heavy atom. The number of benzene rings is 1. The average Bonchev–Trinajstić information content (AvgIpc) is 3.21. The van der Waals surface area contributed by atoms with E-state index >= 15 is 0 Å². The Balaban J connectivity index is 1.75. The Morgan fingerprint density at radius 1 is 1.27 bits per heavy atom. The lowest BCUT2D eigenvalue weighted by Gasteiger charge is -2.17. The molecule has 3 aromatic rings. The molecule has 2 aromatic heterocycles. The summed E-state index contributed by atoms with van der Waals surface area (Å²) in [6.07, 6.45) is 3.67. The number of nitrogens with zero attached hydrogens (tertiary/aromatic N) is 2. The van der Waals surface area contributed by atoms with Gasteiger partial charge in [-0.3, -0.25) is 9.48 Å². The number of thiophene rings is 1. The van der Waals surface area contributed by atoms with E-state index in [-0.39, 0.29) is 11.9 Å². The Hall–Kier alpha value is -1.67. The summed E-state index contributed by atoms with van der Waals surface area (Å²) in [5, 5.41) is 9.37. The van der Waals surface area contributed by atoms with Crippen LogP contribution in [0.2, 0.25) is 0 Å². The van der Waals surface area contributed by atoms with Crippen molar-refractivity contribution in [2.24, 2.45) is 0 Å². The zero-order chi connectivity index (χ0) is 15.4. The minimum absolute atomic E-state index is 0.0142. The summed E-state index contributed by atoms with van der Waals surface area (Å²) in [5.74, 6) is -0.0567. The third kappa shape index (κ3) is 3.38. The van der Waals surface area contributed by atoms with Gasteiger partial charge in [-0.2, -0.15) is 5.10 Å². The first-order chi connectivity index (χ1) is 10.8. The van der Waals surface area contributed by atoms with E-state index in [1.54, 1.807) is 17.5 Å². The highest BCUT2D eigenvalue weighted by atomic mass is 127. The van der Waals surface area contributed by atoms with Gasteiger partial charge in [0.2, 0.25) is 0 Å². The Bertz CT molecular complexity index is 706. The normalized spacial score (nSPS) is 12.0. The summed E-state index contributed by atoms with van der Waals surface area (Å²) >= 11 is 3.84. The number of nitrogens with one attached hydrogen (secondary N) is 1. The molecule has 0 aliphatic rings. The largest absolute Gasteiger partial charge is 0.349 e. The number of carbonyl (C=O) groups is 1. The summed E-state index contributed by atoms with van der Waals surface area (Å²) in [5.41, 5.74) is 0.702. The Kier molecular flexibility index (Phi) is 4.89. The molecule has 0 aliphatic carbocycles. The van der Waals surface area contributed by atoms with Crippen molar-refractivity contribution in [3.05, 3.63) is 74.2 Å². The SMILES string of the molecule is O=C(NCC(c1cccs1)n1cccn1)c1ccccc1I. The highest BCUT2D eigenvalue weighted by Gasteiger charge is 2.17. The second-order valence-electron chi connectivity index (χ2n) is 4.71. The molecule has 3 rings (SSSR count). The molecule has 2 heterocycles. The van der Waals surface area contributed by atoms with Crippen LogP contribution in [0.15, 0.2) is 60.2 Å². The van der Waals surface area contributed by atoms with Crippen LogP contribution in [0.25, 0.3) is 0 Å². The minimum Gasteiger partial charge on any atom is -0.349 e. The molecule has 1 amide bonds. The van der Waals surface area contributed by atoms with E-state index in [9.17, 15) is 4.79 Å². The Morgan fingerprint density at radius 3 is 2.82 bits per heavy atom. The van der Waals surface area contributed by atoms with Gasteiger partial charge in [-0.15, -0.1) is 11.3 Å². The molecule has 0 saturated heterocycles. The fourth-order valence-electron chi connectivity index (χ4n) is 2.20. The molecule has 1 aromatic carbocycles. The summed E-state index contributed by atoms with van der Waals surface area (Å²) in [4.78, 5) is 13.5. The van der Waals surface area contributed by atoms with Crippen LogP contribution in [0.3, 0.4) is 0 Å². The van der Waals surface area contributed by atoms with Gasteiger partial charge in [0.05, 0.1) is 5.56 Å². The predicted molar refractivity (Wildman–Crippen MR) is 96.2 cm³/mol. The molecule has 1 unspecified atom stereocenters. The second kappa shape index (κ2) is 7.06. The molecule has 0 fully saturated rings. The van der Waals surface area contributed by atoms with Gasteiger partial charge in [0, 0.05) is 27.4 Å². The molecule has 0 aliphatic heterocycles. The molecule has 0 radical (unpaired) electrons. The number of carbonyl (C=O) groups excluding carboxylic acids is 1. The number of amides is 1. The highest BCUT2D eigenvalue weighted by molar-refractivity contribution is 14.1. The van der Waals surface area contributed by atoms with Crippen LogP contribution in [0.1, 0.15) is 21.3 Å². The first kappa shape index (κ1) is 15.2. The lowest BCUT2D eigenvalue weighted by atomic mass is 10.2. The standard InChI is InChI=1S/C16H14IN3OS/c17-13-6-2-1-5-12(13)16(21)18-11-14(15-7-3-10-22-15)20-9-4-8-19-20/h1-10,14H,11H2,(H,18,21). The van der Waals surface area contributed by atoms with E-state index in [0.29, 0.717) is 12.1 Å². The fourth-order valence-corrected chi connectivity index (χ4v) is 3.65. The lowest BCUT2D eigenvalue weighted by molar-refractivity contribution is 0.0948. The van der Waals surface area contributed by atoms with Crippen LogP contribution < -0.4 is 5.32 Å². The van der Waals surface area contributed by atoms with Crippen LogP contribution in [-0.2, 0) is 0 Å². The molecule has 0 bridgehead atoms. The highest BCUT2D eigenvalue weighted by Crippen LogP contribution is 2.22. The summed E-state index contributed by atoms with van der Waals surface area (Å²) in [7, 11) is 0. The third-order valence-corrected chi connectivity index (χ3v) is 5.20. The molecule has 1 atom stereocenters. The minimum atomic E-state index is -0.0567. The van der Waals surface area contributed by atoms with E-state index in [2.05, 4.69) is 39.1 Å². The molecule has 0 saturated carbocycles. The number of hydrogen-bond acceptors (Lipinski definition) is 3. The first-order valence-corrected chi connectivity index (χ1v) is 8.77. The molecular weight excluding hydrogens is 409 g/mol. The van der Waals surface area contributed by atoms with Gasteiger partial charge < -0.3 is 5.32 Å². The van der Waals surface area contributed by atoms with Gasteiger partial charge in [0.1, 0.15) is 6.04 Å². The van der Waals surface area contributed by atoms with Crippen molar-refractivity contribution in [3.63, 3.8) is 0 Å². The maximum atomic E-state index is 12.4. The molecule has 1 N–H and O–H groups in total. The average molecular weight is 423 g/mol. The maximum absolute atomic E-state index is 12.4. The topological polar surface area (TPSA) is 46.9 Å². The van der Waals surface area contributed by atoms with Crippen molar-refractivity contribution >= 4 is 39.8 Å². The van der Waals surface area contributed by atoms with Crippen LogP contribution in [0, 0.1) is 3.57 Å². The molecule has 6 heteroatoms. The predicted octanol–water partition coefficient (Wildman–Crippen LogP) is 3.57. The van der Waals surface area contributed by atoms with Gasteiger partial charge in [-0.05, 0) is 52.2 Å². The van der Waals surface area contributed by atoms with Gasteiger partial charge in [0.15, 0.2) is 0 Å². The van der Waals surface area contributed by atoms with Crippen molar-refractivity contribution in [1.29, 1.82) is 0 Å². The third-order valence-electron chi connectivity index (χ3n) is 3.29. The summed E-state index contributed by atoms with van der Waals surface area (Å²) in [6, 6.07) is 13.6. The van der Waals surface area contributed by atoms with Crippen LogP contribution in [-0.4, -0.2) is 22.2 Å². The van der Waals surface area contributed by atoms with E-state index in [1.165, 1.54) is 4.88 Å². The van der Waals surface area contributed by atoms with Crippen molar-refractivity contribution in [2.45, 2.75) is 6.04 Å². The monoisotopic (exact) mass is 423 g/mol. The smallest absolute Gasteiger partial charge is 0.252 e. The molecule has 4 nitrogen and oxygen atoms in total. The summed E-state index contributed by atoms with van der Waals surface area (Å²) in [6.45, 7) is 0.506. The number of rotatable bonds is 5. The zero-order valence-corrected chi connectivity index (χ0v) is 14.6. The Labute approximate surface area is 146 Å². The van der Waals surface area contributed by atoms with Crippen molar-refractivity contribution in [2.75, 3.05) is 6.54 Å². The van der Waals surface area contributed by atoms with Crippen LogP contribution in [0.5, 0.6) is 0 Å². The van der Waals surface area contributed by atoms with E-state index in [4.69, 9.17) is 0 Å². The van der Waals surface area contributed by atoms with Gasteiger partial charge in [-0.25, -0.2) is 0 Å². The van der Waals surface area contributed by atoms with Crippen LogP contribution in [0.4, 0.5) is 0 Å². The van der Waals surface area contributed by atoms with E-state index in [0.717, 1.165) is 3.57 Å². The summed E-state index contributed by atoms with van der Waals surface area (Å²) < 4.78 is 2.83. The number of halogens is 1. The first-order valence-electron chi connectivity index (χ1n) is 6.81. The van der Waals surface area contributed by atoms with E-state index < -0.39 is 0 Å².